The molecule has 0 spiro atoms. The molecule has 92 heavy (non-hydrogen) atoms. The van der Waals surface area contributed by atoms with Crippen molar-refractivity contribution in [3.8, 4) is 0 Å². The summed E-state index contributed by atoms with van der Waals surface area (Å²) in [5, 5.41) is 41.4. The van der Waals surface area contributed by atoms with Crippen LogP contribution in [0.4, 0.5) is 16.7 Å². The van der Waals surface area contributed by atoms with Gasteiger partial charge in [-0.2, -0.15) is 0 Å². The zero-order chi connectivity index (χ0) is 66.8. The van der Waals surface area contributed by atoms with Crippen molar-refractivity contribution in [3.63, 3.8) is 0 Å². The summed E-state index contributed by atoms with van der Waals surface area (Å²) in [4.78, 5) is 106. The second-order valence-electron chi connectivity index (χ2n) is 26.0. The van der Waals surface area contributed by atoms with E-state index in [-0.39, 0.29) is 55.4 Å². The molecule has 6 heterocycles. The highest BCUT2D eigenvalue weighted by Gasteiger charge is 2.53. The lowest BCUT2D eigenvalue weighted by Crippen LogP contribution is -2.61. The number of hydrogen-bond donors (Lipinski definition) is 5. The van der Waals surface area contributed by atoms with Gasteiger partial charge in [0.2, 0.25) is 17.7 Å². The lowest BCUT2D eigenvalue weighted by molar-refractivity contribution is -0.265. The Morgan fingerprint density at radius 1 is 0.761 bits per heavy atom. The number of fused-ring (bicyclic) bond motifs is 3. The van der Waals surface area contributed by atoms with E-state index in [9.17, 15) is 44.1 Å². The molecule has 1 saturated carbocycles. The Kier molecular flexibility index (Phi) is 27.4. The fourth-order valence-corrected chi connectivity index (χ4v) is 13.3. The summed E-state index contributed by atoms with van der Waals surface area (Å²) in [7, 11) is 4.53. The van der Waals surface area contributed by atoms with Crippen molar-refractivity contribution in [2.24, 2.45) is 35.5 Å². The highest BCUT2D eigenvalue weighted by atomic mass is 16.6. The minimum atomic E-state index is -2.47. The van der Waals surface area contributed by atoms with Gasteiger partial charge in [0.05, 0.1) is 30.0 Å². The van der Waals surface area contributed by atoms with Crippen molar-refractivity contribution in [3.05, 3.63) is 83.5 Å². The summed E-state index contributed by atoms with van der Waals surface area (Å²) < 4.78 is 36.1. The molecular weight excluding hydrogens is 1180 g/mol. The van der Waals surface area contributed by atoms with Crippen LogP contribution in [-0.2, 0) is 54.1 Å². The number of methoxy groups -OCH3 is 3. The Labute approximate surface area is 542 Å². The molecule has 1 aliphatic carbocycles. The smallest absolute Gasteiger partial charge is 0.407 e. The van der Waals surface area contributed by atoms with Gasteiger partial charge in [-0.15, -0.1) is 0 Å². The molecule has 4 fully saturated rings. The number of piperazine rings is 1. The molecule has 0 aromatic carbocycles. The molecule has 3 amide bonds. The molecule has 4 aliphatic heterocycles. The lowest BCUT2D eigenvalue weighted by Gasteiger charge is -2.43. The van der Waals surface area contributed by atoms with Crippen LogP contribution >= 0.6 is 0 Å². The molecule has 5 aliphatic rings. The topological polar surface area (TPSA) is 304 Å². The van der Waals surface area contributed by atoms with E-state index in [0.717, 1.165) is 5.57 Å². The first kappa shape index (κ1) is 72.9. The molecule has 24 nitrogen and oxygen atoms in total. The Morgan fingerprint density at radius 3 is 2.08 bits per heavy atom. The molecule has 5 N–H and O–H groups in total. The summed E-state index contributed by atoms with van der Waals surface area (Å²) in [6.45, 7) is 17.8. The number of nitrogens with one attached hydrogen (secondary N) is 2. The van der Waals surface area contributed by atoms with Crippen LogP contribution < -0.4 is 20.4 Å². The maximum Gasteiger partial charge on any atom is 0.407 e. The van der Waals surface area contributed by atoms with Gasteiger partial charge in [0, 0.05) is 128 Å². The number of cyclic esters (lactones) is 1. The molecule has 2 bridgehead atoms. The predicted molar refractivity (Wildman–Crippen MR) is 344 cm³/mol. The van der Waals surface area contributed by atoms with Crippen LogP contribution in [-0.4, -0.2) is 197 Å². The number of carbonyl (C=O) groups excluding carboxylic acids is 6. The average molecular weight is 1280 g/mol. The van der Waals surface area contributed by atoms with E-state index in [4.69, 9.17) is 28.4 Å². The number of ether oxygens (including phenoxy) is 6. The van der Waals surface area contributed by atoms with Crippen molar-refractivity contribution < 1.29 is 72.5 Å². The third-order valence-electron chi connectivity index (χ3n) is 19.1. The number of aliphatic hydroxyl groups is 3. The van der Waals surface area contributed by atoms with Crippen LogP contribution in [0.5, 0.6) is 0 Å². The number of Topliss-reactive ketones (excluding diaryl/α,β-unsaturated/α-hetero) is 2. The third-order valence-corrected chi connectivity index (χ3v) is 19.1. The van der Waals surface area contributed by atoms with E-state index >= 15 is 0 Å². The summed E-state index contributed by atoms with van der Waals surface area (Å²) >= 11 is 0. The summed E-state index contributed by atoms with van der Waals surface area (Å²) in [6.07, 6.45) is 15.4. The highest BCUT2D eigenvalue weighted by Crippen LogP contribution is 2.39. The number of allylic oxidation sites excluding steroid dienone is 5. The van der Waals surface area contributed by atoms with Crippen LogP contribution in [0.3, 0.4) is 0 Å². The summed E-state index contributed by atoms with van der Waals surface area (Å²) in [6, 6.07) is -1.18. The molecule has 0 radical (unpaired) electrons. The van der Waals surface area contributed by atoms with Gasteiger partial charge < -0.3 is 69.1 Å². The molecule has 0 unspecified atom stereocenters. The number of anilines is 2. The van der Waals surface area contributed by atoms with Crippen molar-refractivity contribution in [2.75, 3.05) is 70.4 Å². The Bertz CT molecular complexity index is 2900. The standard InChI is InChI=1S/C68H101N9O15/c1-12-69-62(82)50-39-72-66(73-40-50)76-28-26-75(27-29-76)65-70-36-49(37-71-65)38-74-67(85)91-54-24-22-48(33-57(54)88-10)32-44(5)56-35-53(78)43(4)31-46(7)59(80)60(89-11)58(79)45(6)30-41(2)18-14-13-15-19-42(3)55(87-9)34-51-23-21-47(8)68(86,92-51)61(81)63(83)77-25-17-16-20-52(77)64(84)90-56/h13-15,18-19,31,36-37,39-41,43-45,47-48,51-57,59-60,78,80,86H,12,16-17,20-30,32-35,38H2,1-11H3,(H,69,82)(H,74,85)/b15-13+,18-14+,42-19+,46-31+/t41-,43-,44-,45-,47-,48+,51+,52+,53-,54-,55+,56+,57-,59-,60+,68-/m1/s1. The van der Waals surface area contributed by atoms with Crippen LogP contribution in [0.15, 0.2) is 72.4 Å². The van der Waals surface area contributed by atoms with Gasteiger partial charge in [-0.1, -0.05) is 71.1 Å². The lowest BCUT2D eigenvalue weighted by atomic mass is 9.78. The number of esters is 1. The minimum absolute atomic E-state index is 0.00133. The van der Waals surface area contributed by atoms with E-state index in [0.29, 0.717) is 126 Å². The normalized spacial score (nSPS) is 33.6. The first-order chi connectivity index (χ1) is 44.0. The van der Waals surface area contributed by atoms with Crippen molar-refractivity contribution in [2.45, 2.75) is 200 Å². The third kappa shape index (κ3) is 19.3. The fourth-order valence-electron chi connectivity index (χ4n) is 13.3. The van der Waals surface area contributed by atoms with Gasteiger partial charge in [0.25, 0.3) is 17.6 Å². The first-order valence-corrected chi connectivity index (χ1v) is 33.0. The van der Waals surface area contributed by atoms with E-state index in [1.807, 2.05) is 69.9 Å². The molecule has 24 heteroatoms. The number of rotatable bonds is 13. The molecule has 508 valence electrons. The number of aromatic nitrogens is 4. The number of hydrogen-bond acceptors (Lipinski definition) is 21. The van der Waals surface area contributed by atoms with Gasteiger partial charge in [-0.25, -0.2) is 29.5 Å². The van der Waals surface area contributed by atoms with Crippen LogP contribution in [0.25, 0.3) is 0 Å². The fraction of sp³-hybridized carbons (Fsp3) is 0.676. The summed E-state index contributed by atoms with van der Waals surface area (Å²) in [5.41, 5.74) is 2.35. The molecule has 7 rings (SSSR count). The number of amides is 3. The monoisotopic (exact) mass is 1280 g/mol. The van der Waals surface area contributed by atoms with Gasteiger partial charge >= 0.3 is 12.1 Å². The van der Waals surface area contributed by atoms with E-state index < -0.39 is 102 Å². The Balaban J connectivity index is 1.02. The second-order valence-corrected chi connectivity index (χ2v) is 26.0. The number of aliphatic hydroxyl groups excluding tert-OH is 2. The highest BCUT2D eigenvalue weighted by molar-refractivity contribution is 6.39. The number of carbonyl (C=O) groups is 6. The van der Waals surface area contributed by atoms with E-state index in [2.05, 4.69) is 35.5 Å². The maximum absolute atomic E-state index is 14.8. The van der Waals surface area contributed by atoms with Gasteiger partial charge in [0.1, 0.15) is 30.5 Å². The molecule has 3 saturated heterocycles. The Morgan fingerprint density at radius 2 is 1.43 bits per heavy atom. The average Bonchev–Trinajstić information content (AvgIpc) is 0.787. The van der Waals surface area contributed by atoms with Gasteiger partial charge in [-0.3, -0.25) is 19.2 Å². The van der Waals surface area contributed by atoms with Crippen LogP contribution in [0, 0.1) is 35.5 Å². The quantitative estimate of drug-likeness (QED) is 0.0805. The van der Waals surface area contributed by atoms with Gasteiger partial charge in [0.15, 0.2) is 5.78 Å². The first-order valence-electron chi connectivity index (χ1n) is 33.0. The SMILES string of the molecule is CCNC(=O)c1cnc(N2CCN(c3ncc(CNC(=O)O[C@@H]4CC[C@@H](C[C@@H](C)[C@@H]5C[C@@H](O)[C@H](C)/C=C(\C)[C@@H](O)[C@@H](OC)C(=O)[C@H](C)C[C@H](C)/C=C/C=C/C=C(\C)[C@@H](OC)C[C@@H]6CC[C@@H](C)[C@@](O)(O6)C(=O)C(=O)N6CCCC[C@H]6C(=O)O5)C[C@H]4OC)cn3)CC2)nc1. The molecule has 16 atom stereocenters. The van der Waals surface area contributed by atoms with E-state index in [1.165, 1.54) is 24.4 Å². The number of alkyl carbamates (subject to hydrolysis) is 1. The molecule has 2 aromatic heterocycles. The Hall–Kier alpha value is -6.54. The molecule has 2 aromatic rings. The minimum Gasteiger partial charge on any atom is -0.460 e. The largest absolute Gasteiger partial charge is 0.460 e. The number of ketones is 2. The zero-order valence-electron chi connectivity index (χ0n) is 55.7. The zero-order valence-corrected chi connectivity index (χ0v) is 55.7. The second kappa shape index (κ2) is 34.6. The number of nitrogens with zero attached hydrogens (tertiary/aromatic N) is 7. The van der Waals surface area contributed by atoms with Crippen LogP contribution in [0.1, 0.15) is 148 Å². The van der Waals surface area contributed by atoms with Crippen LogP contribution in [0.2, 0.25) is 0 Å². The van der Waals surface area contributed by atoms with E-state index in [1.54, 1.807) is 53.5 Å². The predicted octanol–water partition coefficient (Wildman–Crippen LogP) is 6.56. The van der Waals surface area contributed by atoms with Gasteiger partial charge in [-0.05, 0) is 114 Å². The number of piperidine rings is 1. The molecular formula is C68H101N9O15. The van der Waals surface area contributed by atoms with Crippen molar-refractivity contribution in [1.82, 2.24) is 35.5 Å². The van der Waals surface area contributed by atoms with Crippen molar-refractivity contribution in [1.29, 1.82) is 0 Å². The maximum atomic E-state index is 14.8. The summed E-state index contributed by atoms with van der Waals surface area (Å²) in [5.74, 6) is -7.00. The van der Waals surface area contributed by atoms with Crippen molar-refractivity contribution >= 4 is 47.3 Å².